The van der Waals surface area contributed by atoms with Gasteiger partial charge in [-0.05, 0) is 5.04 Å². The summed E-state index contributed by atoms with van der Waals surface area (Å²) in [5, 5.41) is -0.110. The van der Waals surface area contributed by atoms with Crippen molar-refractivity contribution in [3.63, 3.8) is 0 Å². The third kappa shape index (κ3) is 4.42. The van der Waals surface area contributed by atoms with Crippen molar-refractivity contribution in [1.82, 2.24) is 0 Å². The van der Waals surface area contributed by atoms with Crippen LogP contribution in [-0.4, -0.2) is 15.1 Å². The van der Waals surface area contributed by atoms with Crippen LogP contribution in [0.1, 0.15) is 20.8 Å². The zero-order valence-corrected chi connectivity index (χ0v) is 9.71. The molecule has 13 heavy (non-hydrogen) atoms. The van der Waals surface area contributed by atoms with Gasteiger partial charge in [-0.1, -0.05) is 33.9 Å². The van der Waals surface area contributed by atoms with Crippen molar-refractivity contribution in [2.75, 3.05) is 0 Å². The summed E-state index contributed by atoms with van der Waals surface area (Å²) in [6, 6.07) is 0. The second-order valence-electron chi connectivity index (χ2n) is 4.72. The Kier molecular flexibility index (Phi) is 3.31. The van der Waals surface area contributed by atoms with Gasteiger partial charge in [0.2, 0.25) is 0 Å². The zero-order valence-electron chi connectivity index (χ0n) is 8.71. The molecule has 0 N–H and O–H groups in total. The van der Waals surface area contributed by atoms with Gasteiger partial charge in [-0.3, -0.25) is 0 Å². The molecule has 0 saturated carbocycles. The Labute approximate surface area is 79.0 Å². The lowest BCUT2D eigenvalue weighted by atomic mass is 9.95. The summed E-state index contributed by atoms with van der Waals surface area (Å²) in [5.74, 6) is 1.44. The Morgan fingerprint density at radius 1 is 1.08 bits per heavy atom. The lowest BCUT2D eigenvalue weighted by Crippen LogP contribution is -2.36. The van der Waals surface area contributed by atoms with Gasteiger partial charge in [-0.25, -0.2) is 5.82 Å². The van der Waals surface area contributed by atoms with Gasteiger partial charge >= 0.3 is 6.98 Å². The molecule has 0 unspecified atom stereocenters. The van der Waals surface area contributed by atoms with Crippen LogP contribution in [0.15, 0.2) is 0 Å². The smallest absolute Gasteiger partial charge is 0.438 e. The summed E-state index contributed by atoms with van der Waals surface area (Å²) in [6.45, 7) is 4.61. The van der Waals surface area contributed by atoms with Crippen molar-refractivity contribution in [3.05, 3.63) is 0 Å². The molecule has 76 valence electrons. The third-order valence-electron chi connectivity index (χ3n) is 2.42. The summed E-state index contributed by atoms with van der Waals surface area (Å²) in [5.41, 5.74) is 2.43. The number of halogens is 3. The molecule has 0 amide bonds. The Morgan fingerprint density at radius 2 is 1.46 bits per heavy atom. The minimum atomic E-state index is -4.95. The summed E-state index contributed by atoms with van der Waals surface area (Å²) >= 11 is 0. The molecule has 0 aromatic carbocycles. The van der Waals surface area contributed by atoms with Crippen LogP contribution in [0, 0.1) is 11.4 Å². The highest BCUT2D eigenvalue weighted by Gasteiger charge is 2.34. The van der Waals surface area contributed by atoms with E-state index in [9.17, 15) is 12.9 Å². The first-order valence-corrected chi connectivity index (χ1v) is 7.19. The SMILES string of the molecule is CC(C)(C)[Si](C)(C)C#C[B-](F)(F)F. The van der Waals surface area contributed by atoms with E-state index in [4.69, 9.17) is 0 Å². The molecule has 0 spiro atoms. The molecule has 0 rings (SSSR count). The minimum Gasteiger partial charge on any atom is -0.438 e. The molecule has 0 radical (unpaired) electrons. The molecule has 0 bridgehead atoms. The van der Waals surface area contributed by atoms with Crippen LogP contribution in [0.3, 0.4) is 0 Å². The Morgan fingerprint density at radius 3 is 1.69 bits per heavy atom. The van der Waals surface area contributed by atoms with Crippen molar-refractivity contribution >= 4 is 15.1 Å². The maximum absolute atomic E-state index is 11.9. The highest BCUT2D eigenvalue weighted by atomic mass is 28.3. The summed E-state index contributed by atoms with van der Waals surface area (Å²) in [6.07, 6.45) is 0. The maximum Gasteiger partial charge on any atom is 0.557 e. The molecule has 0 fully saturated rings. The predicted molar refractivity (Wildman–Crippen MR) is 54.1 cm³/mol. The van der Waals surface area contributed by atoms with E-state index in [1.54, 1.807) is 0 Å². The van der Waals surface area contributed by atoms with E-state index in [0.29, 0.717) is 0 Å². The standard InChI is InChI=1S/C8H15BF3Si/c1-8(2,3)13(4,5)7-6-9(10,11)12/h1-5H3/q-1. The third-order valence-corrected chi connectivity index (χ3v) is 6.94. The quantitative estimate of drug-likeness (QED) is 0.421. The van der Waals surface area contributed by atoms with E-state index in [0.717, 1.165) is 0 Å². The van der Waals surface area contributed by atoms with Crippen molar-refractivity contribution in [1.29, 1.82) is 0 Å². The molecule has 0 saturated heterocycles. The van der Waals surface area contributed by atoms with Gasteiger partial charge in [0.25, 0.3) is 0 Å². The fourth-order valence-electron chi connectivity index (χ4n) is 0.450. The van der Waals surface area contributed by atoms with Crippen molar-refractivity contribution in [3.8, 4) is 11.4 Å². The molecular formula is C8H15BF3Si-. The maximum atomic E-state index is 11.9. The fraction of sp³-hybridized carbons (Fsp3) is 0.750. The van der Waals surface area contributed by atoms with Gasteiger partial charge in [0.05, 0.1) is 0 Å². The van der Waals surface area contributed by atoms with Crippen molar-refractivity contribution in [2.24, 2.45) is 0 Å². The molecule has 5 heteroatoms. The van der Waals surface area contributed by atoms with Crippen molar-refractivity contribution in [2.45, 2.75) is 38.9 Å². The van der Waals surface area contributed by atoms with Crippen molar-refractivity contribution < 1.29 is 12.9 Å². The first kappa shape index (κ1) is 12.6. The lowest BCUT2D eigenvalue weighted by Gasteiger charge is -2.32. The van der Waals surface area contributed by atoms with Gasteiger partial charge < -0.3 is 12.9 Å². The normalized spacial score (nSPS) is 13.5. The minimum absolute atomic E-state index is 0.110. The molecule has 0 aromatic heterocycles. The van der Waals surface area contributed by atoms with Gasteiger partial charge in [-0.15, -0.1) is 0 Å². The Balaban J connectivity index is 4.77. The topological polar surface area (TPSA) is 0 Å². The van der Waals surface area contributed by atoms with Gasteiger partial charge in [0.1, 0.15) is 8.07 Å². The van der Waals surface area contributed by atoms with Gasteiger partial charge in [0, 0.05) is 0 Å². The van der Waals surface area contributed by atoms with Crippen LogP contribution in [0.2, 0.25) is 18.1 Å². The van der Waals surface area contributed by atoms with Crippen LogP contribution in [0.4, 0.5) is 12.9 Å². The fourth-order valence-corrected chi connectivity index (χ4v) is 1.35. The molecule has 0 atom stereocenters. The average Bonchev–Trinajstić information content (AvgIpc) is 1.79. The van der Waals surface area contributed by atoms with E-state index < -0.39 is 15.1 Å². The van der Waals surface area contributed by atoms with E-state index in [1.165, 1.54) is 5.82 Å². The van der Waals surface area contributed by atoms with E-state index >= 15 is 0 Å². The second-order valence-corrected chi connectivity index (χ2v) is 9.72. The summed E-state index contributed by atoms with van der Waals surface area (Å²) in [7, 11) is -2.08. The Hall–Kier alpha value is -0.368. The van der Waals surface area contributed by atoms with Crippen LogP contribution >= 0.6 is 0 Å². The first-order chi connectivity index (χ1) is 5.46. The van der Waals surface area contributed by atoms with Crippen LogP contribution in [0.25, 0.3) is 0 Å². The average molecular weight is 207 g/mol. The highest BCUT2D eigenvalue weighted by Crippen LogP contribution is 2.35. The Bertz CT molecular complexity index is 239. The van der Waals surface area contributed by atoms with Crippen LogP contribution in [0.5, 0.6) is 0 Å². The molecule has 0 aliphatic heterocycles. The summed E-state index contributed by atoms with van der Waals surface area (Å²) in [4.78, 5) is 0. The predicted octanol–water partition coefficient (Wildman–Crippen LogP) is 3.42. The number of hydrogen-bond donors (Lipinski definition) is 0. The molecular weight excluding hydrogens is 192 g/mol. The van der Waals surface area contributed by atoms with Crippen LogP contribution in [-0.2, 0) is 0 Å². The highest BCUT2D eigenvalue weighted by molar-refractivity contribution is 6.88. The number of rotatable bonds is 0. The van der Waals surface area contributed by atoms with Gasteiger partial charge in [-0.2, -0.15) is 5.54 Å². The zero-order chi connectivity index (χ0) is 10.9. The molecule has 0 aromatic rings. The molecule has 0 aliphatic carbocycles. The summed E-state index contributed by atoms with van der Waals surface area (Å²) < 4.78 is 35.7. The monoisotopic (exact) mass is 207 g/mol. The number of hydrogen-bond acceptors (Lipinski definition) is 0. The van der Waals surface area contributed by atoms with E-state index in [2.05, 4.69) is 5.54 Å². The molecule has 0 aliphatic rings. The van der Waals surface area contributed by atoms with E-state index in [-0.39, 0.29) is 5.04 Å². The first-order valence-electron chi connectivity index (χ1n) is 4.19. The largest absolute Gasteiger partial charge is 0.557 e. The van der Waals surface area contributed by atoms with E-state index in [1.807, 2.05) is 33.9 Å². The van der Waals surface area contributed by atoms with Gasteiger partial charge in [0.15, 0.2) is 0 Å². The second kappa shape index (κ2) is 3.41. The molecule has 0 nitrogen and oxygen atoms in total. The van der Waals surface area contributed by atoms with Crippen LogP contribution < -0.4 is 0 Å². The molecule has 0 heterocycles. The lowest BCUT2D eigenvalue weighted by molar-refractivity contribution is 0.504.